The van der Waals surface area contributed by atoms with E-state index < -0.39 is 40.6 Å². The largest absolute Gasteiger partial charge is 0.481 e. The minimum absolute atomic E-state index is 0.0847. The number of rotatable bonds is 17. The second-order valence-electron chi connectivity index (χ2n) is 10.8. The Morgan fingerprint density at radius 1 is 1.13 bits per heavy atom. The van der Waals surface area contributed by atoms with E-state index in [1.54, 1.807) is 25.2 Å². The number of unbranched alkanes of at least 4 members (excludes halogenated alkanes) is 3. The summed E-state index contributed by atoms with van der Waals surface area (Å²) in [5, 5.41) is 20.0. The number of carboxylic acid groups (broad SMARTS) is 2. The van der Waals surface area contributed by atoms with Crippen LogP contribution in [-0.2, 0) is 33.4 Å². The number of carbonyl (C=O) groups excluding carboxylic acids is 2. The number of hydrogen-bond donors (Lipinski definition) is 2. The van der Waals surface area contributed by atoms with Crippen LogP contribution in [0.25, 0.3) is 0 Å². The lowest BCUT2D eigenvalue weighted by Gasteiger charge is -2.34. The summed E-state index contributed by atoms with van der Waals surface area (Å²) in [5.74, 6) is -5.91. The van der Waals surface area contributed by atoms with Crippen molar-refractivity contribution < 1.29 is 43.6 Å². The molecule has 3 unspecified atom stereocenters. The van der Waals surface area contributed by atoms with Crippen LogP contribution in [-0.4, -0.2) is 59.0 Å². The van der Waals surface area contributed by atoms with E-state index in [4.69, 9.17) is 14.2 Å². The van der Waals surface area contributed by atoms with Crippen LogP contribution in [0, 0.1) is 17.3 Å². The number of hydrogen-bond acceptors (Lipinski definition) is 7. The summed E-state index contributed by atoms with van der Waals surface area (Å²) in [6.07, 6.45) is 14.0. The van der Waals surface area contributed by atoms with Crippen molar-refractivity contribution in [3.63, 3.8) is 0 Å². The molecule has 0 aromatic carbocycles. The Bertz CT molecular complexity index is 889. The lowest BCUT2D eigenvalue weighted by molar-refractivity contribution is -0.208. The predicted octanol–water partition coefficient (Wildman–Crippen LogP) is 5.47. The van der Waals surface area contributed by atoms with E-state index in [2.05, 4.69) is 6.92 Å². The Labute approximate surface area is 232 Å². The number of carbonyl (C=O) groups is 4. The van der Waals surface area contributed by atoms with Crippen LogP contribution < -0.4 is 0 Å². The molecule has 39 heavy (non-hydrogen) atoms. The van der Waals surface area contributed by atoms with Crippen molar-refractivity contribution in [2.75, 3.05) is 13.2 Å². The molecule has 9 heteroatoms. The minimum Gasteiger partial charge on any atom is -0.481 e. The van der Waals surface area contributed by atoms with Gasteiger partial charge in [0.2, 0.25) is 0 Å². The highest BCUT2D eigenvalue weighted by molar-refractivity contribution is 6.13. The fraction of sp³-hybridized carbons (Fsp3) is 0.733. The summed E-state index contributed by atoms with van der Waals surface area (Å²) in [6.45, 7) is 6.73. The Kier molecular flexibility index (Phi) is 13.3. The van der Waals surface area contributed by atoms with Gasteiger partial charge in [0, 0.05) is 18.9 Å². The molecule has 9 nitrogen and oxygen atoms in total. The monoisotopic (exact) mass is 550 g/mol. The van der Waals surface area contributed by atoms with Crippen molar-refractivity contribution in [3.8, 4) is 0 Å². The van der Waals surface area contributed by atoms with Crippen LogP contribution in [0.15, 0.2) is 24.3 Å². The van der Waals surface area contributed by atoms with Gasteiger partial charge in [-0.3, -0.25) is 19.2 Å². The highest BCUT2D eigenvalue weighted by Gasteiger charge is 2.60. The lowest BCUT2D eigenvalue weighted by Crippen LogP contribution is -2.42. The average molecular weight is 551 g/mol. The highest BCUT2D eigenvalue weighted by Crippen LogP contribution is 2.48. The van der Waals surface area contributed by atoms with Gasteiger partial charge in [-0.05, 0) is 65.2 Å². The summed E-state index contributed by atoms with van der Waals surface area (Å²) in [5.41, 5.74) is -2.63. The van der Waals surface area contributed by atoms with Gasteiger partial charge in [-0.15, -0.1) is 0 Å². The van der Waals surface area contributed by atoms with Crippen molar-refractivity contribution in [1.29, 1.82) is 0 Å². The zero-order chi connectivity index (χ0) is 28.9. The first-order valence-corrected chi connectivity index (χ1v) is 14.4. The lowest BCUT2D eigenvalue weighted by atomic mass is 9.73. The third kappa shape index (κ3) is 9.28. The molecule has 1 aliphatic heterocycles. The van der Waals surface area contributed by atoms with Gasteiger partial charge in [-0.25, -0.2) is 0 Å². The van der Waals surface area contributed by atoms with Gasteiger partial charge < -0.3 is 24.4 Å². The van der Waals surface area contributed by atoms with Gasteiger partial charge in [0.05, 0.1) is 12.2 Å². The zero-order valence-corrected chi connectivity index (χ0v) is 23.7. The molecule has 5 atom stereocenters. The minimum atomic E-state index is -1.89. The Balaban J connectivity index is 2.26. The van der Waals surface area contributed by atoms with E-state index in [1.165, 1.54) is 0 Å². The van der Waals surface area contributed by atoms with Crippen LogP contribution in [0.1, 0.15) is 97.8 Å². The van der Waals surface area contributed by atoms with Crippen LogP contribution in [0.5, 0.6) is 0 Å². The molecule has 1 saturated heterocycles. The second-order valence-corrected chi connectivity index (χ2v) is 10.8. The first-order chi connectivity index (χ1) is 18.6. The standard InChI is InChI=1S/C30H46O9/c1-4-6-11-17-29(3,39-25-15-10-13-20-38-25)19-16-22-21-23(27(33)34)26(32)30(22,28(35)36)18-12-8-7-9-14-24(31)37-5-2/h8,12,16,19,22-23,25H,4-7,9-11,13-15,17-18,20-21H2,1-3H3,(H,33,34)(H,35,36)/t22?,23-,25?,29?,30-/m1/s1. The molecule has 0 amide bonds. The average Bonchev–Trinajstić information content (AvgIpc) is 3.18. The molecule has 1 saturated carbocycles. The van der Waals surface area contributed by atoms with Crippen molar-refractivity contribution in [3.05, 3.63) is 24.3 Å². The maximum absolute atomic E-state index is 13.3. The number of esters is 1. The summed E-state index contributed by atoms with van der Waals surface area (Å²) < 4.78 is 17.1. The van der Waals surface area contributed by atoms with Crippen molar-refractivity contribution >= 4 is 23.7 Å². The number of carboxylic acids is 2. The van der Waals surface area contributed by atoms with Gasteiger partial charge in [0.1, 0.15) is 11.3 Å². The topological polar surface area (TPSA) is 136 Å². The van der Waals surface area contributed by atoms with Crippen molar-refractivity contribution in [2.45, 2.75) is 110 Å². The molecule has 0 spiro atoms. The summed E-state index contributed by atoms with van der Waals surface area (Å²) >= 11 is 0. The normalized spacial score (nSPS) is 27.2. The summed E-state index contributed by atoms with van der Waals surface area (Å²) in [7, 11) is 0. The van der Waals surface area contributed by atoms with E-state index in [1.807, 2.05) is 13.0 Å². The van der Waals surface area contributed by atoms with Crippen LogP contribution in [0.2, 0.25) is 0 Å². The second kappa shape index (κ2) is 15.9. The van der Waals surface area contributed by atoms with E-state index in [0.717, 1.165) is 38.5 Å². The van der Waals surface area contributed by atoms with Gasteiger partial charge in [-0.2, -0.15) is 0 Å². The van der Waals surface area contributed by atoms with Gasteiger partial charge in [0.25, 0.3) is 0 Å². The van der Waals surface area contributed by atoms with Gasteiger partial charge in [0.15, 0.2) is 12.1 Å². The first kappa shape index (κ1) is 32.7. The van der Waals surface area contributed by atoms with Gasteiger partial charge in [-0.1, -0.05) is 50.5 Å². The van der Waals surface area contributed by atoms with Crippen LogP contribution in [0.4, 0.5) is 0 Å². The molecule has 2 N–H and O–H groups in total. The fourth-order valence-electron chi connectivity index (χ4n) is 5.43. The third-order valence-corrected chi connectivity index (χ3v) is 7.72. The number of Topliss-reactive ketones (excluding diaryl/α,β-unsaturated/α-hetero) is 1. The zero-order valence-electron chi connectivity index (χ0n) is 23.7. The molecule has 220 valence electrons. The van der Waals surface area contributed by atoms with Crippen LogP contribution >= 0.6 is 0 Å². The molecular formula is C30H46O9. The van der Waals surface area contributed by atoms with E-state index in [0.29, 0.717) is 32.5 Å². The number of aliphatic carboxylic acids is 2. The molecule has 2 fully saturated rings. The number of ketones is 1. The first-order valence-electron chi connectivity index (χ1n) is 14.4. The molecule has 0 aromatic rings. The fourth-order valence-corrected chi connectivity index (χ4v) is 5.43. The van der Waals surface area contributed by atoms with Gasteiger partial charge >= 0.3 is 17.9 Å². The number of ether oxygens (including phenoxy) is 3. The Hall–Kier alpha value is -2.52. The van der Waals surface area contributed by atoms with Crippen molar-refractivity contribution in [2.24, 2.45) is 17.3 Å². The smallest absolute Gasteiger partial charge is 0.318 e. The van der Waals surface area contributed by atoms with E-state index in [9.17, 15) is 29.4 Å². The molecule has 2 rings (SSSR count). The molecule has 2 aliphatic rings. The maximum atomic E-state index is 13.3. The number of allylic oxidation sites excluding steroid dienone is 3. The predicted molar refractivity (Wildman–Crippen MR) is 145 cm³/mol. The Morgan fingerprint density at radius 3 is 2.51 bits per heavy atom. The Morgan fingerprint density at radius 2 is 1.90 bits per heavy atom. The summed E-state index contributed by atoms with van der Waals surface area (Å²) in [4.78, 5) is 49.4. The van der Waals surface area contributed by atoms with Crippen molar-refractivity contribution in [1.82, 2.24) is 0 Å². The quantitative estimate of drug-likeness (QED) is 0.105. The SMILES string of the molecule is CCCCCC(C)(C=CC1C[C@@H](C(=O)O)C(=O)[C@]1(CC=CCCCC(=O)OCC)C(=O)O)OC1CCCCO1. The molecule has 1 heterocycles. The molecular weight excluding hydrogens is 504 g/mol. The molecule has 0 aromatic heterocycles. The molecule has 0 bridgehead atoms. The highest BCUT2D eigenvalue weighted by atomic mass is 16.7. The maximum Gasteiger partial charge on any atom is 0.318 e. The third-order valence-electron chi connectivity index (χ3n) is 7.72. The van der Waals surface area contributed by atoms with Crippen LogP contribution in [0.3, 0.4) is 0 Å². The summed E-state index contributed by atoms with van der Waals surface area (Å²) in [6, 6.07) is 0. The molecule has 1 aliphatic carbocycles. The van der Waals surface area contributed by atoms with E-state index in [-0.39, 0.29) is 31.5 Å². The molecule has 0 radical (unpaired) electrons. The van der Waals surface area contributed by atoms with E-state index >= 15 is 0 Å².